The third-order valence-corrected chi connectivity index (χ3v) is 3.90. The van der Waals surface area contributed by atoms with Gasteiger partial charge in [0.2, 0.25) is 0 Å². The lowest BCUT2D eigenvalue weighted by molar-refractivity contribution is 0.103. The molecular formula is C21H16O6. The van der Waals surface area contributed by atoms with E-state index in [-0.39, 0.29) is 22.6 Å². The highest BCUT2D eigenvalue weighted by molar-refractivity contribution is 6.10. The number of hydrogen-bond donors (Lipinski definition) is 5. The van der Waals surface area contributed by atoms with Crippen molar-refractivity contribution in [2.45, 2.75) is 0 Å². The van der Waals surface area contributed by atoms with Gasteiger partial charge in [-0.2, -0.15) is 0 Å². The summed E-state index contributed by atoms with van der Waals surface area (Å²) < 4.78 is 0. The zero-order chi connectivity index (χ0) is 19.6. The highest BCUT2D eigenvalue weighted by Gasteiger charge is 2.16. The molecule has 0 bridgehead atoms. The second kappa shape index (κ2) is 7.13. The molecule has 0 aromatic heterocycles. The maximum Gasteiger partial charge on any atom is 0.200 e. The lowest BCUT2D eigenvalue weighted by Gasteiger charge is -2.07. The molecule has 3 aromatic carbocycles. The van der Waals surface area contributed by atoms with Crippen molar-refractivity contribution in [2.75, 3.05) is 0 Å². The van der Waals surface area contributed by atoms with E-state index in [1.807, 2.05) is 0 Å². The molecule has 0 amide bonds. The van der Waals surface area contributed by atoms with Crippen molar-refractivity contribution < 1.29 is 30.3 Å². The van der Waals surface area contributed by atoms with E-state index in [9.17, 15) is 30.3 Å². The Morgan fingerprint density at radius 2 is 1.19 bits per heavy atom. The van der Waals surface area contributed by atoms with Crippen LogP contribution in [0.4, 0.5) is 0 Å². The molecule has 6 heteroatoms. The van der Waals surface area contributed by atoms with Crippen molar-refractivity contribution in [3.8, 4) is 28.7 Å². The number of rotatable bonds is 4. The van der Waals surface area contributed by atoms with Crippen LogP contribution in [0.15, 0.2) is 54.6 Å². The fourth-order valence-electron chi connectivity index (χ4n) is 2.54. The number of hydrogen-bond acceptors (Lipinski definition) is 6. The Labute approximate surface area is 154 Å². The summed E-state index contributed by atoms with van der Waals surface area (Å²) in [5, 5.41) is 47.8. The molecule has 27 heavy (non-hydrogen) atoms. The minimum Gasteiger partial charge on any atom is -0.508 e. The molecule has 0 aliphatic carbocycles. The van der Waals surface area contributed by atoms with Gasteiger partial charge in [0.1, 0.15) is 11.5 Å². The second-order valence-corrected chi connectivity index (χ2v) is 5.93. The van der Waals surface area contributed by atoms with Crippen LogP contribution >= 0.6 is 0 Å². The van der Waals surface area contributed by atoms with Crippen LogP contribution in [0.25, 0.3) is 12.2 Å². The Hall–Kier alpha value is -3.93. The molecule has 0 saturated carbocycles. The molecule has 0 fully saturated rings. The predicted molar refractivity (Wildman–Crippen MR) is 100 cm³/mol. The quantitative estimate of drug-likeness (QED) is 0.274. The zero-order valence-corrected chi connectivity index (χ0v) is 14.0. The Kier molecular flexibility index (Phi) is 4.72. The molecule has 0 atom stereocenters. The number of phenolic OH excluding ortho intramolecular Hbond substituents is 5. The Bertz CT molecular complexity index is 1010. The van der Waals surface area contributed by atoms with Crippen LogP contribution in [-0.4, -0.2) is 31.3 Å². The number of phenols is 5. The molecular weight excluding hydrogens is 348 g/mol. The molecule has 3 aromatic rings. The molecule has 3 rings (SSSR count). The summed E-state index contributed by atoms with van der Waals surface area (Å²) in [4.78, 5) is 12.6. The second-order valence-electron chi connectivity index (χ2n) is 5.93. The van der Waals surface area contributed by atoms with Crippen LogP contribution in [0, 0.1) is 0 Å². The number of aromatic hydroxyl groups is 5. The number of ketones is 1. The monoisotopic (exact) mass is 364 g/mol. The van der Waals surface area contributed by atoms with E-state index in [0.29, 0.717) is 5.56 Å². The van der Waals surface area contributed by atoms with Crippen LogP contribution in [-0.2, 0) is 0 Å². The topological polar surface area (TPSA) is 118 Å². The van der Waals surface area contributed by atoms with E-state index in [1.165, 1.54) is 12.1 Å². The highest BCUT2D eigenvalue weighted by Crippen LogP contribution is 2.36. The van der Waals surface area contributed by atoms with Crippen molar-refractivity contribution in [1.29, 1.82) is 0 Å². The van der Waals surface area contributed by atoms with Gasteiger partial charge in [-0.1, -0.05) is 24.3 Å². The number of benzene rings is 3. The molecule has 0 aliphatic heterocycles. The fraction of sp³-hybridized carbons (Fsp3) is 0. The fourth-order valence-corrected chi connectivity index (χ4v) is 2.54. The van der Waals surface area contributed by atoms with E-state index in [2.05, 4.69) is 0 Å². The van der Waals surface area contributed by atoms with Crippen LogP contribution < -0.4 is 0 Å². The molecule has 6 nitrogen and oxygen atoms in total. The van der Waals surface area contributed by atoms with E-state index < -0.39 is 23.0 Å². The van der Waals surface area contributed by atoms with Crippen LogP contribution in [0.1, 0.15) is 27.0 Å². The maximum atomic E-state index is 12.6. The largest absolute Gasteiger partial charge is 0.508 e. The lowest BCUT2D eigenvalue weighted by Crippen LogP contribution is -2.01. The summed E-state index contributed by atoms with van der Waals surface area (Å²) >= 11 is 0. The third-order valence-electron chi connectivity index (χ3n) is 3.90. The van der Waals surface area contributed by atoms with Crippen LogP contribution in [0.5, 0.6) is 28.7 Å². The highest BCUT2D eigenvalue weighted by atomic mass is 16.3. The van der Waals surface area contributed by atoms with Crippen molar-refractivity contribution in [1.82, 2.24) is 0 Å². The smallest absolute Gasteiger partial charge is 0.200 e. The standard InChI is InChI=1S/C21H16O6/c22-16-5-3-12(4-6-16)1-2-13-7-14(9-17(23)8-13)20(26)15-10-18(24)21(27)19(25)11-15/h1-11,22-25,27H/b2-1+. The van der Waals surface area contributed by atoms with Crippen molar-refractivity contribution in [3.05, 3.63) is 76.9 Å². The minimum absolute atomic E-state index is 0.0399. The first-order valence-corrected chi connectivity index (χ1v) is 7.94. The van der Waals surface area contributed by atoms with E-state index in [0.717, 1.165) is 17.7 Å². The third kappa shape index (κ3) is 4.01. The lowest BCUT2D eigenvalue weighted by atomic mass is 9.99. The summed E-state index contributed by atoms with van der Waals surface area (Å²) in [6, 6.07) is 12.9. The molecule has 5 N–H and O–H groups in total. The normalized spacial score (nSPS) is 11.0. The van der Waals surface area contributed by atoms with Gasteiger partial charge in [-0.3, -0.25) is 4.79 Å². The Morgan fingerprint density at radius 1 is 0.630 bits per heavy atom. The van der Waals surface area contributed by atoms with Crippen molar-refractivity contribution in [2.24, 2.45) is 0 Å². The SMILES string of the molecule is O=C(c1cc(O)cc(/C=C/c2ccc(O)cc2)c1)c1cc(O)c(O)c(O)c1. The molecule has 0 unspecified atom stereocenters. The van der Waals surface area contributed by atoms with Gasteiger partial charge in [-0.15, -0.1) is 0 Å². The summed E-state index contributed by atoms with van der Waals surface area (Å²) in [5.41, 5.74) is 1.47. The van der Waals surface area contributed by atoms with Gasteiger partial charge in [-0.25, -0.2) is 0 Å². The maximum absolute atomic E-state index is 12.6. The van der Waals surface area contributed by atoms with Crippen LogP contribution in [0.3, 0.4) is 0 Å². The summed E-state index contributed by atoms with van der Waals surface area (Å²) in [5.74, 6) is -2.47. The van der Waals surface area contributed by atoms with Gasteiger partial charge in [0.25, 0.3) is 0 Å². The van der Waals surface area contributed by atoms with Gasteiger partial charge < -0.3 is 25.5 Å². The molecule has 0 radical (unpaired) electrons. The number of carbonyl (C=O) groups is 1. The van der Waals surface area contributed by atoms with Gasteiger partial charge in [-0.05, 0) is 53.6 Å². The average molecular weight is 364 g/mol. The Balaban J connectivity index is 1.93. The minimum atomic E-state index is -0.708. The van der Waals surface area contributed by atoms with Gasteiger partial charge >= 0.3 is 0 Å². The van der Waals surface area contributed by atoms with Gasteiger partial charge in [0.05, 0.1) is 0 Å². The molecule has 136 valence electrons. The van der Waals surface area contributed by atoms with E-state index >= 15 is 0 Å². The molecule has 0 spiro atoms. The number of carbonyl (C=O) groups excluding carboxylic acids is 1. The molecule has 0 aliphatic rings. The first kappa shape index (κ1) is 17.9. The van der Waals surface area contributed by atoms with Crippen molar-refractivity contribution >= 4 is 17.9 Å². The van der Waals surface area contributed by atoms with Crippen LogP contribution in [0.2, 0.25) is 0 Å². The molecule has 0 saturated heterocycles. The van der Waals surface area contributed by atoms with Crippen molar-refractivity contribution in [3.63, 3.8) is 0 Å². The summed E-state index contributed by atoms with van der Waals surface area (Å²) in [6.07, 6.45) is 3.44. The first-order chi connectivity index (χ1) is 12.8. The zero-order valence-electron chi connectivity index (χ0n) is 14.0. The molecule has 0 heterocycles. The van der Waals surface area contributed by atoms with Gasteiger partial charge in [0.15, 0.2) is 23.0 Å². The Morgan fingerprint density at radius 3 is 1.81 bits per heavy atom. The van der Waals surface area contributed by atoms with E-state index in [1.54, 1.807) is 42.5 Å². The summed E-state index contributed by atoms with van der Waals surface area (Å²) in [7, 11) is 0. The van der Waals surface area contributed by atoms with E-state index in [4.69, 9.17) is 0 Å². The average Bonchev–Trinajstić information content (AvgIpc) is 2.64. The summed E-state index contributed by atoms with van der Waals surface area (Å²) in [6.45, 7) is 0. The van der Waals surface area contributed by atoms with Gasteiger partial charge in [0, 0.05) is 11.1 Å². The first-order valence-electron chi connectivity index (χ1n) is 7.94. The predicted octanol–water partition coefficient (Wildman–Crippen LogP) is 3.62.